The molecule has 0 aromatic carbocycles. The van der Waals surface area contributed by atoms with Crippen molar-refractivity contribution in [3.8, 4) is 0 Å². The highest BCUT2D eigenvalue weighted by atomic mass is 16.2. The number of rotatable bonds is 9. The summed E-state index contributed by atoms with van der Waals surface area (Å²) in [5.74, 6) is 0.433. The average Bonchev–Trinajstić information content (AvgIpc) is 2.39. The molecule has 0 heterocycles. The molecule has 0 saturated carbocycles. The largest absolute Gasteiger partial charge is 0.338 e. The van der Waals surface area contributed by atoms with Crippen molar-refractivity contribution in [2.24, 2.45) is 5.92 Å². The molecule has 0 aliphatic carbocycles. The molecule has 20 heavy (non-hydrogen) atoms. The molecule has 0 saturated heterocycles. The van der Waals surface area contributed by atoms with Gasteiger partial charge in [-0.05, 0) is 39.5 Å². The van der Waals surface area contributed by atoms with Gasteiger partial charge in [-0.1, -0.05) is 27.7 Å². The van der Waals surface area contributed by atoms with Gasteiger partial charge in [-0.15, -0.1) is 0 Å². The van der Waals surface area contributed by atoms with Gasteiger partial charge < -0.3 is 9.80 Å². The molecule has 0 rings (SSSR count). The van der Waals surface area contributed by atoms with E-state index < -0.39 is 5.54 Å². The van der Waals surface area contributed by atoms with Gasteiger partial charge in [-0.3, -0.25) is 9.59 Å². The molecular formula is C16H31N2O2. The van der Waals surface area contributed by atoms with Gasteiger partial charge in [0, 0.05) is 19.1 Å². The molecule has 4 heteroatoms. The van der Waals surface area contributed by atoms with Crippen LogP contribution in [0.3, 0.4) is 0 Å². The van der Waals surface area contributed by atoms with E-state index in [-0.39, 0.29) is 11.9 Å². The van der Waals surface area contributed by atoms with Gasteiger partial charge in [0.25, 0.3) is 0 Å². The summed E-state index contributed by atoms with van der Waals surface area (Å²) in [6.45, 7) is 15.3. The van der Waals surface area contributed by atoms with Crippen molar-refractivity contribution in [2.75, 3.05) is 13.1 Å². The van der Waals surface area contributed by atoms with Gasteiger partial charge >= 0.3 is 6.41 Å². The molecule has 0 spiro atoms. The Bertz CT molecular complexity index is 316. The second kappa shape index (κ2) is 8.28. The van der Waals surface area contributed by atoms with Gasteiger partial charge in [0.1, 0.15) is 5.54 Å². The molecule has 0 aromatic heterocycles. The van der Waals surface area contributed by atoms with Crippen molar-refractivity contribution < 1.29 is 9.59 Å². The molecule has 4 nitrogen and oxygen atoms in total. The van der Waals surface area contributed by atoms with Crippen LogP contribution in [0.5, 0.6) is 0 Å². The molecule has 1 unspecified atom stereocenters. The lowest BCUT2D eigenvalue weighted by molar-refractivity contribution is -0.144. The summed E-state index contributed by atoms with van der Waals surface area (Å²) in [6.07, 6.45) is 3.38. The highest BCUT2D eigenvalue weighted by Crippen LogP contribution is 2.23. The van der Waals surface area contributed by atoms with Crippen LogP contribution in [-0.4, -0.2) is 46.8 Å². The van der Waals surface area contributed by atoms with Crippen molar-refractivity contribution in [2.45, 2.75) is 72.9 Å². The quantitative estimate of drug-likeness (QED) is 0.611. The van der Waals surface area contributed by atoms with Crippen molar-refractivity contribution in [1.82, 2.24) is 9.80 Å². The summed E-state index contributed by atoms with van der Waals surface area (Å²) >= 11 is 0. The minimum Gasteiger partial charge on any atom is -0.338 e. The Morgan fingerprint density at radius 3 is 2.05 bits per heavy atom. The number of carbonyl (C=O) groups excluding carboxylic acids is 2. The molecule has 1 atom stereocenters. The van der Waals surface area contributed by atoms with E-state index in [0.717, 1.165) is 6.42 Å². The maximum Gasteiger partial charge on any atom is 0.313 e. The van der Waals surface area contributed by atoms with E-state index in [4.69, 9.17) is 0 Å². The Labute approximate surface area is 124 Å². The Balaban J connectivity index is 5.36. The maximum atomic E-state index is 13.0. The fourth-order valence-electron chi connectivity index (χ4n) is 2.31. The highest BCUT2D eigenvalue weighted by Gasteiger charge is 2.41. The second-order valence-electron chi connectivity index (χ2n) is 6.32. The molecule has 0 aliphatic rings. The van der Waals surface area contributed by atoms with Crippen LogP contribution in [0.1, 0.15) is 61.3 Å². The van der Waals surface area contributed by atoms with Crippen LogP contribution >= 0.6 is 0 Å². The van der Waals surface area contributed by atoms with E-state index in [2.05, 4.69) is 13.8 Å². The van der Waals surface area contributed by atoms with Crippen LogP contribution in [0.15, 0.2) is 0 Å². The number of hydrogen-bond acceptors (Lipinski definition) is 2. The van der Waals surface area contributed by atoms with Gasteiger partial charge in [-0.25, -0.2) is 0 Å². The van der Waals surface area contributed by atoms with E-state index in [1.165, 1.54) is 4.90 Å². The molecule has 0 aromatic rings. The Morgan fingerprint density at radius 1 is 1.20 bits per heavy atom. The molecule has 0 aliphatic heterocycles. The van der Waals surface area contributed by atoms with Crippen LogP contribution < -0.4 is 0 Å². The minimum absolute atomic E-state index is 0.0282. The first-order chi connectivity index (χ1) is 9.24. The fourth-order valence-corrected chi connectivity index (χ4v) is 2.31. The number of amides is 2. The molecule has 0 bridgehead atoms. The third-order valence-electron chi connectivity index (χ3n) is 3.75. The summed E-state index contributed by atoms with van der Waals surface area (Å²) in [5.41, 5.74) is -0.795. The topological polar surface area (TPSA) is 40.6 Å². The van der Waals surface area contributed by atoms with Crippen LogP contribution in [-0.2, 0) is 9.59 Å². The van der Waals surface area contributed by atoms with Crippen molar-refractivity contribution in [1.29, 1.82) is 0 Å². The molecule has 0 fully saturated rings. The van der Waals surface area contributed by atoms with E-state index in [1.54, 1.807) is 0 Å². The molecule has 2 amide bonds. The summed E-state index contributed by atoms with van der Waals surface area (Å²) in [4.78, 5) is 27.6. The molecule has 1 radical (unpaired) electrons. The lowest BCUT2D eigenvalue weighted by Crippen LogP contribution is -2.59. The third kappa shape index (κ3) is 4.50. The number of carbonyl (C=O) groups is 1. The standard InChI is InChI=1S/C16H31N2O2/c1-8-10-17(12-19)16(7,9-2)15(20)18(14(5)6)11-13(3)4/h13-14H,8-11H2,1-7H3. The maximum absolute atomic E-state index is 13.0. The zero-order chi connectivity index (χ0) is 15.9. The molecule has 117 valence electrons. The van der Waals surface area contributed by atoms with Crippen molar-refractivity contribution >= 4 is 12.3 Å². The molecule has 0 N–H and O–H groups in total. The number of nitrogens with zero attached hydrogens (tertiary/aromatic N) is 2. The Kier molecular flexibility index (Phi) is 7.84. The normalized spacial score (nSPS) is 14.2. The number of hydrogen-bond donors (Lipinski definition) is 0. The SMILES string of the molecule is CCCN([C]=O)C(C)(CC)C(=O)N(CC(C)C)C(C)C. The van der Waals surface area contributed by atoms with Crippen LogP contribution in [0.2, 0.25) is 0 Å². The van der Waals surface area contributed by atoms with Crippen molar-refractivity contribution in [3.05, 3.63) is 0 Å². The average molecular weight is 283 g/mol. The van der Waals surface area contributed by atoms with Gasteiger partial charge in [0.2, 0.25) is 5.91 Å². The van der Waals surface area contributed by atoms with E-state index >= 15 is 0 Å². The first-order valence-electron chi connectivity index (χ1n) is 7.71. The Morgan fingerprint density at radius 2 is 1.75 bits per heavy atom. The summed E-state index contributed by atoms with van der Waals surface area (Å²) in [6, 6.07) is 0.130. The first kappa shape index (κ1) is 18.9. The summed E-state index contributed by atoms with van der Waals surface area (Å²) in [5, 5.41) is 0. The van der Waals surface area contributed by atoms with Crippen LogP contribution in [0.4, 0.5) is 0 Å². The zero-order valence-corrected chi connectivity index (χ0v) is 14.2. The molecular weight excluding hydrogens is 252 g/mol. The van der Waals surface area contributed by atoms with Crippen molar-refractivity contribution in [3.63, 3.8) is 0 Å². The van der Waals surface area contributed by atoms with E-state index in [9.17, 15) is 9.59 Å². The van der Waals surface area contributed by atoms with E-state index in [1.807, 2.05) is 45.9 Å². The zero-order valence-electron chi connectivity index (χ0n) is 14.2. The second-order valence-corrected chi connectivity index (χ2v) is 6.32. The van der Waals surface area contributed by atoms with E-state index in [0.29, 0.717) is 25.4 Å². The summed E-state index contributed by atoms with van der Waals surface area (Å²) in [7, 11) is 0. The third-order valence-corrected chi connectivity index (χ3v) is 3.75. The van der Waals surface area contributed by atoms with Crippen LogP contribution in [0, 0.1) is 5.92 Å². The van der Waals surface area contributed by atoms with Gasteiger partial charge in [-0.2, -0.15) is 0 Å². The predicted octanol–water partition coefficient (Wildman–Crippen LogP) is 2.83. The predicted molar refractivity (Wildman–Crippen MR) is 83.1 cm³/mol. The van der Waals surface area contributed by atoms with Crippen LogP contribution in [0.25, 0.3) is 0 Å². The first-order valence-corrected chi connectivity index (χ1v) is 7.71. The van der Waals surface area contributed by atoms with Gasteiger partial charge in [0.05, 0.1) is 0 Å². The lowest BCUT2D eigenvalue weighted by atomic mass is 9.93. The fraction of sp³-hybridized carbons (Fsp3) is 0.875. The summed E-state index contributed by atoms with van der Waals surface area (Å²) < 4.78 is 0. The minimum atomic E-state index is -0.795. The lowest BCUT2D eigenvalue weighted by Gasteiger charge is -2.42. The monoisotopic (exact) mass is 283 g/mol. The smallest absolute Gasteiger partial charge is 0.313 e. The Hall–Kier alpha value is -1.06. The van der Waals surface area contributed by atoms with Gasteiger partial charge in [0.15, 0.2) is 0 Å². The highest BCUT2D eigenvalue weighted by molar-refractivity contribution is 5.88.